The minimum absolute atomic E-state index is 0.729. The Morgan fingerprint density at radius 3 is 2.60 bits per heavy atom. The highest BCUT2D eigenvalue weighted by Crippen LogP contribution is 2.44. The van der Waals surface area contributed by atoms with E-state index in [1.807, 2.05) is 33.2 Å². The van der Waals surface area contributed by atoms with E-state index in [1.54, 1.807) is 0 Å². The van der Waals surface area contributed by atoms with Crippen molar-refractivity contribution in [3.05, 3.63) is 23.4 Å². The first-order valence-corrected chi connectivity index (χ1v) is 5.77. The van der Waals surface area contributed by atoms with Crippen LogP contribution in [0.4, 0.5) is 5.82 Å². The van der Waals surface area contributed by atoms with Crippen LogP contribution in [0.3, 0.4) is 0 Å². The molecule has 2 heteroatoms. The lowest BCUT2D eigenvalue weighted by Crippen LogP contribution is -1.89. The molecule has 1 aliphatic rings. The van der Waals surface area contributed by atoms with Crippen LogP contribution >= 0.6 is 0 Å². The lowest BCUT2D eigenvalue weighted by Gasteiger charge is -2.05. The van der Waals surface area contributed by atoms with Crippen LogP contribution in [0.2, 0.25) is 0 Å². The van der Waals surface area contributed by atoms with E-state index in [-0.39, 0.29) is 0 Å². The molecule has 1 heterocycles. The van der Waals surface area contributed by atoms with Crippen LogP contribution in [0.5, 0.6) is 0 Å². The van der Waals surface area contributed by atoms with Gasteiger partial charge in [-0.1, -0.05) is 13.8 Å². The minimum Gasteiger partial charge on any atom is -0.242 e. The fourth-order valence-corrected chi connectivity index (χ4v) is 1.66. The van der Waals surface area contributed by atoms with Crippen molar-refractivity contribution in [1.82, 2.24) is 4.98 Å². The van der Waals surface area contributed by atoms with Crippen LogP contribution in [-0.4, -0.2) is 11.2 Å². The lowest BCUT2D eigenvalue weighted by molar-refractivity contribution is 1.05. The first kappa shape index (κ1) is 11.9. The van der Waals surface area contributed by atoms with Gasteiger partial charge in [0.25, 0.3) is 0 Å². The van der Waals surface area contributed by atoms with E-state index < -0.39 is 0 Å². The summed E-state index contributed by atoms with van der Waals surface area (Å²) in [7, 11) is 0. The van der Waals surface area contributed by atoms with Crippen molar-refractivity contribution in [3.63, 3.8) is 0 Å². The highest BCUT2D eigenvalue weighted by molar-refractivity contribution is 5.61. The van der Waals surface area contributed by atoms with Crippen LogP contribution in [0.15, 0.2) is 17.3 Å². The topological polar surface area (TPSA) is 25.2 Å². The quantitative estimate of drug-likeness (QED) is 0.668. The Morgan fingerprint density at radius 2 is 2.07 bits per heavy atom. The zero-order valence-electron chi connectivity index (χ0n) is 10.1. The average molecular weight is 204 g/mol. The Kier molecular flexibility index (Phi) is 4.47. The molecule has 1 fully saturated rings. The summed E-state index contributed by atoms with van der Waals surface area (Å²) in [6, 6.07) is 2.07. The van der Waals surface area contributed by atoms with Crippen molar-refractivity contribution in [1.29, 1.82) is 0 Å². The third-order valence-corrected chi connectivity index (χ3v) is 2.42. The number of rotatable bonds is 2. The maximum atomic E-state index is 4.29. The van der Waals surface area contributed by atoms with Crippen molar-refractivity contribution in [2.75, 3.05) is 0 Å². The molecule has 1 saturated carbocycles. The first-order chi connectivity index (χ1) is 7.33. The maximum Gasteiger partial charge on any atom is 0.155 e. The van der Waals surface area contributed by atoms with E-state index in [2.05, 4.69) is 23.0 Å². The largest absolute Gasteiger partial charge is 0.242 e. The second-order valence-electron chi connectivity index (χ2n) is 3.53. The van der Waals surface area contributed by atoms with Crippen molar-refractivity contribution in [3.8, 4) is 0 Å². The number of pyridine rings is 1. The smallest absolute Gasteiger partial charge is 0.155 e. The number of aryl methyl sites for hydroxylation is 1. The van der Waals surface area contributed by atoms with Gasteiger partial charge in [-0.3, -0.25) is 0 Å². The van der Waals surface area contributed by atoms with Crippen molar-refractivity contribution in [2.45, 2.75) is 46.5 Å². The van der Waals surface area contributed by atoms with Crippen LogP contribution in [0.25, 0.3) is 0 Å². The van der Waals surface area contributed by atoms with Gasteiger partial charge in [0, 0.05) is 18.0 Å². The van der Waals surface area contributed by atoms with Crippen molar-refractivity contribution in [2.24, 2.45) is 4.99 Å². The number of nitrogens with zero attached hydrogens (tertiary/aromatic N) is 2. The van der Waals surface area contributed by atoms with Crippen molar-refractivity contribution >= 4 is 12.0 Å². The molecule has 0 amide bonds. The molecule has 0 spiro atoms. The Hall–Kier alpha value is -1.18. The maximum absolute atomic E-state index is 4.29. The first-order valence-electron chi connectivity index (χ1n) is 5.77. The molecule has 0 bridgehead atoms. The molecule has 0 atom stereocenters. The molecular formula is C13H20N2. The summed E-state index contributed by atoms with van der Waals surface area (Å²) >= 11 is 0. The Bertz CT molecular complexity index is 338. The van der Waals surface area contributed by atoms with Gasteiger partial charge >= 0.3 is 0 Å². The lowest BCUT2D eigenvalue weighted by atomic mass is 10.1. The highest BCUT2D eigenvalue weighted by atomic mass is 14.9. The molecule has 0 unspecified atom stereocenters. The summed E-state index contributed by atoms with van der Waals surface area (Å²) in [5.41, 5.74) is 2.69. The molecule has 1 aromatic rings. The summed E-state index contributed by atoms with van der Waals surface area (Å²) in [5.74, 6) is 1.65. The minimum atomic E-state index is 0.729. The number of hydrogen-bond acceptors (Lipinski definition) is 2. The Balaban J connectivity index is 0.000000531. The van der Waals surface area contributed by atoms with Crippen LogP contribution in [-0.2, 0) is 0 Å². The highest BCUT2D eigenvalue weighted by Gasteiger charge is 2.27. The summed E-state index contributed by atoms with van der Waals surface area (Å²) < 4.78 is 0. The van der Waals surface area contributed by atoms with Gasteiger partial charge in [-0.2, -0.15) is 0 Å². The monoisotopic (exact) mass is 204 g/mol. The standard InChI is InChI=1S/C11H14N2.C2H6/c1-3-12-11-10(9-4-5-9)8(2)6-7-13-11;1-2/h3,6-7,9H,4-5H2,1-2H3;1-2H3. The van der Waals surface area contributed by atoms with Crippen LogP contribution < -0.4 is 0 Å². The molecule has 2 rings (SSSR count). The van der Waals surface area contributed by atoms with Crippen LogP contribution in [0.1, 0.15) is 50.7 Å². The van der Waals surface area contributed by atoms with Gasteiger partial charge in [-0.05, 0) is 44.2 Å². The summed E-state index contributed by atoms with van der Waals surface area (Å²) in [4.78, 5) is 8.59. The van der Waals surface area contributed by atoms with Gasteiger partial charge in [0.05, 0.1) is 0 Å². The normalized spacial score (nSPS) is 14.9. The van der Waals surface area contributed by atoms with Gasteiger partial charge in [0.15, 0.2) is 5.82 Å². The fraction of sp³-hybridized carbons (Fsp3) is 0.538. The second-order valence-corrected chi connectivity index (χ2v) is 3.53. The van der Waals surface area contributed by atoms with Gasteiger partial charge in [0.2, 0.25) is 0 Å². The molecule has 0 aromatic carbocycles. The SMILES string of the molecule is CC.CC=Nc1nccc(C)c1C1CC1. The molecule has 0 N–H and O–H groups in total. The van der Waals surface area contributed by atoms with Gasteiger partial charge in [-0.15, -0.1) is 0 Å². The molecule has 1 aromatic heterocycles. The zero-order valence-corrected chi connectivity index (χ0v) is 10.1. The van der Waals surface area contributed by atoms with Gasteiger partial charge < -0.3 is 0 Å². The Morgan fingerprint density at radius 1 is 1.40 bits per heavy atom. The summed E-state index contributed by atoms with van der Waals surface area (Å²) in [6.07, 6.45) is 6.26. The van der Waals surface area contributed by atoms with E-state index in [0.29, 0.717) is 0 Å². The van der Waals surface area contributed by atoms with E-state index in [9.17, 15) is 0 Å². The molecule has 2 nitrogen and oxygen atoms in total. The van der Waals surface area contributed by atoms with E-state index in [0.717, 1.165) is 11.7 Å². The second kappa shape index (κ2) is 5.64. The van der Waals surface area contributed by atoms with Crippen LogP contribution in [0, 0.1) is 6.92 Å². The third kappa shape index (κ3) is 2.88. The molecular weight excluding hydrogens is 184 g/mol. The zero-order chi connectivity index (χ0) is 11.3. The summed E-state index contributed by atoms with van der Waals surface area (Å²) in [5, 5.41) is 0. The molecule has 0 radical (unpaired) electrons. The molecule has 15 heavy (non-hydrogen) atoms. The summed E-state index contributed by atoms with van der Waals surface area (Å²) in [6.45, 7) is 8.07. The molecule has 82 valence electrons. The van der Waals surface area contributed by atoms with Gasteiger partial charge in [-0.25, -0.2) is 9.98 Å². The predicted octanol–water partition coefficient (Wildman–Crippen LogP) is 4.02. The van der Waals surface area contributed by atoms with E-state index in [4.69, 9.17) is 0 Å². The number of aliphatic imine (C=N–C) groups is 1. The fourth-order valence-electron chi connectivity index (χ4n) is 1.66. The average Bonchev–Trinajstić information content (AvgIpc) is 3.05. The van der Waals surface area contributed by atoms with E-state index in [1.165, 1.54) is 24.0 Å². The Labute approximate surface area is 92.5 Å². The number of hydrogen-bond donors (Lipinski definition) is 0. The van der Waals surface area contributed by atoms with Crippen molar-refractivity contribution < 1.29 is 0 Å². The number of aromatic nitrogens is 1. The predicted molar refractivity (Wildman–Crippen MR) is 66.1 cm³/mol. The van der Waals surface area contributed by atoms with E-state index >= 15 is 0 Å². The third-order valence-electron chi connectivity index (χ3n) is 2.42. The molecule has 1 aliphatic carbocycles. The molecule has 0 saturated heterocycles. The molecule has 0 aliphatic heterocycles. The van der Waals surface area contributed by atoms with Gasteiger partial charge in [0.1, 0.15) is 0 Å².